The molecule has 1 amide bonds. The smallest absolute Gasteiger partial charge is 0.265 e. The summed E-state index contributed by atoms with van der Waals surface area (Å²) in [4.78, 5) is 12.6. The van der Waals surface area contributed by atoms with E-state index in [0.29, 0.717) is 17.0 Å². The predicted molar refractivity (Wildman–Crippen MR) is 69.0 cm³/mol. The van der Waals surface area contributed by atoms with Crippen molar-refractivity contribution >= 4 is 17.4 Å². The van der Waals surface area contributed by atoms with Crippen LogP contribution in [-0.4, -0.2) is 21.5 Å². The van der Waals surface area contributed by atoms with Crippen molar-refractivity contribution in [2.45, 2.75) is 45.6 Å². The second-order valence-corrected chi connectivity index (χ2v) is 5.56. The summed E-state index contributed by atoms with van der Waals surface area (Å²) in [7, 11) is 0. The van der Waals surface area contributed by atoms with Crippen LogP contribution in [0.25, 0.3) is 0 Å². The number of amides is 1. The zero-order valence-electron chi connectivity index (χ0n) is 10.6. The maximum absolute atomic E-state index is 12.0. The number of nitrogens with one attached hydrogen (secondary N) is 1. The molecule has 0 bridgehead atoms. The number of carbonyl (C=O) groups excluding carboxylic acids is 1. The monoisotopic (exact) mass is 251 g/mol. The first-order valence-corrected chi connectivity index (χ1v) is 6.27. The van der Waals surface area contributed by atoms with Crippen LogP contribution in [0.4, 0.5) is 0 Å². The van der Waals surface area contributed by atoms with Gasteiger partial charge in [0.15, 0.2) is 0 Å². The van der Waals surface area contributed by atoms with Crippen molar-refractivity contribution in [3.05, 3.63) is 10.6 Å². The Labute approximate surface area is 106 Å². The Bertz CT molecular complexity index is 439. The van der Waals surface area contributed by atoms with Gasteiger partial charge in [0.2, 0.25) is 0 Å². The van der Waals surface area contributed by atoms with Crippen LogP contribution in [0.15, 0.2) is 0 Å². The van der Waals surface area contributed by atoms with E-state index in [4.69, 9.17) is 6.42 Å². The van der Waals surface area contributed by atoms with Crippen molar-refractivity contribution in [2.75, 3.05) is 0 Å². The van der Waals surface area contributed by atoms with Gasteiger partial charge in [-0.3, -0.25) is 4.79 Å². The van der Waals surface area contributed by atoms with Gasteiger partial charge in [0.05, 0.1) is 11.7 Å². The molecule has 0 saturated heterocycles. The highest BCUT2D eigenvalue weighted by Crippen LogP contribution is 2.25. The van der Waals surface area contributed by atoms with E-state index >= 15 is 0 Å². The molecular weight excluding hydrogens is 234 g/mol. The Morgan fingerprint density at radius 3 is 2.71 bits per heavy atom. The number of nitrogens with zero attached hydrogens (tertiary/aromatic N) is 2. The standard InChI is InChI=1S/C12H17N3OS/c1-6-8(7-2)13-11(16)9-10(12(3,4)5)14-15-17-9/h1,8H,7H2,2-5H3,(H,13,16). The molecule has 17 heavy (non-hydrogen) atoms. The highest BCUT2D eigenvalue weighted by atomic mass is 32.1. The lowest BCUT2D eigenvalue weighted by molar-refractivity contribution is 0.0946. The summed E-state index contributed by atoms with van der Waals surface area (Å²) in [6.45, 7) is 7.93. The third-order valence-electron chi connectivity index (χ3n) is 2.32. The molecule has 1 rings (SSSR count). The number of carbonyl (C=O) groups is 1. The van der Waals surface area contributed by atoms with E-state index in [-0.39, 0.29) is 17.4 Å². The van der Waals surface area contributed by atoms with Gasteiger partial charge in [-0.15, -0.1) is 11.5 Å². The Balaban J connectivity index is 2.91. The molecule has 0 saturated carbocycles. The largest absolute Gasteiger partial charge is 0.338 e. The normalized spacial score (nSPS) is 12.9. The highest BCUT2D eigenvalue weighted by molar-refractivity contribution is 7.08. The van der Waals surface area contributed by atoms with Crippen molar-refractivity contribution in [3.63, 3.8) is 0 Å². The quantitative estimate of drug-likeness (QED) is 0.836. The van der Waals surface area contributed by atoms with Crippen LogP contribution in [0.1, 0.15) is 49.5 Å². The fourth-order valence-corrected chi connectivity index (χ4v) is 2.10. The second-order valence-electron chi connectivity index (χ2n) is 4.80. The van der Waals surface area contributed by atoms with Crippen LogP contribution >= 0.6 is 11.5 Å². The Hall–Kier alpha value is -1.41. The lowest BCUT2D eigenvalue weighted by Crippen LogP contribution is -2.34. The van der Waals surface area contributed by atoms with E-state index in [0.717, 1.165) is 11.5 Å². The molecule has 0 radical (unpaired) electrons. The summed E-state index contributed by atoms with van der Waals surface area (Å²) in [6, 6.07) is -0.239. The van der Waals surface area contributed by atoms with E-state index in [1.54, 1.807) is 0 Å². The molecule has 1 aromatic rings. The van der Waals surface area contributed by atoms with Gasteiger partial charge in [0, 0.05) is 5.41 Å². The van der Waals surface area contributed by atoms with Gasteiger partial charge in [-0.2, -0.15) is 0 Å². The summed E-state index contributed by atoms with van der Waals surface area (Å²) in [6.07, 6.45) is 6.02. The molecular formula is C12H17N3OS. The summed E-state index contributed by atoms with van der Waals surface area (Å²) in [5.41, 5.74) is 0.518. The van der Waals surface area contributed by atoms with Crippen molar-refractivity contribution in [2.24, 2.45) is 0 Å². The number of terminal acetylenes is 1. The topological polar surface area (TPSA) is 54.9 Å². The van der Waals surface area contributed by atoms with Crippen molar-refractivity contribution in [1.82, 2.24) is 14.9 Å². The molecule has 0 aliphatic heterocycles. The van der Waals surface area contributed by atoms with E-state index in [1.165, 1.54) is 0 Å². The molecule has 1 aromatic heterocycles. The SMILES string of the molecule is C#CC(CC)NC(=O)c1snnc1C(C)(C)C. The maximum atomic E-state index is 12.0. The fourth-order valence-electron chi connectivity index (χ4n) is 1.32. The van der Waals surface area contributed by atoms with Crippen LogP contribution in [-0.2, 0) is 5.41 Å². The zero-order chi connectivity index (χ0) is 13.1. The first-order valence-electron chi connectivity index (χ1n) is 5.50. The molecule has 92 valence electrons. The molecule has 0 aliphatic rings. The maximum Gasteiger partial charge on any atom is 0.265 e. The minimum atomic E-state index is -0.239. The molecule has 0 spiro atoms. The molecule has 1 N–H and O–H groups in total. The number of hydrogen-bond donors (Lipinski definition) is 1. The molecule has 0 aliphatic carbocycles. The first kappa shape index (κ1) is 13.7. The summed E-state index contributed by atoms with van der Waals surface area (Å²) < 4.78 is 3.85. The minimum absolute atomic E-state index is 0.185. The molecule has 0 aromatic carbocycles. The first-order chi connectivity index (χ1) is 7.90. The lowest BCUT2D eigenvalue weighted by Gasteiger charge is -2.17. The molecule has 1 heterocycles. The minimum Gasteiger partial charge on any atom is -0.338 e. The van der Waals surface area contributed by atoms with Gasteiger partial charge >= 0.3 is 0 Å². The predicted octanol–water partition coefficient (Wildman–Crippen LogP) is 1.98. The van der Waals surface area contributed by atoms with Gasteiger partial charge in [-0.1, -0.05) is 38.1 Å². The van der Waals surface area contributed by atoms with Gasteiger partial charge in [-0.25, -0.2) is 0 Å². The summed E-state index contributed by atoms with van der Waals surface area (Å²) >= 11 is 1.11. The molecule has 1 atom stereocenters. The third-order valence-corrected chi connectivity index (χ3v) is 3.04. The second kappa shape index (κ2) is 5.28. The number of rotatable bonds is 3. The third kappa shape index (κ3) is 3.27. The van der Waals surface area contributed by atoms with Crippen LogP contribution in [0.2, 0.25) is 0 Å². The molecule has 5 heteroatoms. The van der Waals surface area contributed by atoms with Crippen LogP contribution in [0.3, 0.4) is 0 Å². The molecule has 4 nitrogen and oxygen atoms in total. The Kier molecular flexibility index (Phi) is 4.24. The molecule has 0 fully saturated rings. The van der Waals surface area contributed by atoms with Gasteiger partial charge < -0.3 is 5.32 Å². The lowest BCUT2D eigenvalue weighted by atomic mass is 9.91. The average molecular weight is 251 g/mol. The number of aromatic nitrogens is 2. The van der Waals surface area contributed by atoms with E-state index in [9.17, 15) is 4.79 Å². The van der Waals surface area contributed by atoms with Crippen LogP contribution in [0, 0.1) is 12.3 Å². The number of hydrogen-bond acceptors (Lipinski definition) is 4. The highest BCUT2D eigenvalue weighted by Gasteiger charge is 2.26. The molecule has 1 unspecified atom stereocenters. The van der Waals surface area contributed by atoms with Crippen LogP contribution in [0.5, 0.6) is 0 Å². The van der Waals surface area contributed by atoms with E-state index < -0.39 is 0 Å². The Morgan fingerprint density at radius 1 is 1.59 bits per heavy atom. The van der Waals surface area contributed by atoms with Crippen molar-refractivity contribution in [1.29, 1.82) is 0 Å². The van der Waals surface area contributed by atoms with Gasteiger partial charge in [-0.05, 0) is 18.0 Å². The zero-order valence-corrected chi connectivity index (χ0v) is 11.4. The summed E-state index contributed by atoms with van der Waals surface area (Å²) in [5, 5.41) is 6.81. The fraction of sp³-hybridized carbons (Fsp3) is 0.583. The average Bonchev–Trinajstić information content (AvgIpc) is 2.73. The van der Waals surface area contributed by atoms with E-state index in [2.05, 4.69) is 20.8 Å². The van der Waals surface area contributed by atoms with Crippen molar-refractivity contribution in [3.8, 4) is 12.3 Å². The van der Waals surface area contributed by atoms with Crippen LogP contribution < -0.4 is 5.32 Å². The van der Waals surface area contributed by atoms with Crippen molar-refractivity contribution < 1.29 is 4.79 Å². The van der Waals surface area contributed by atoms with Gasteiger partial charge in [0.25, 0.3) is 5.91 Å². The Morgan fingerprint density at radius 2 is 2.24 bits per heavy atom. The van der Waals surface area contributed by atoms with Gasteiger partial charge in [0.1, 0.15) is 4.88 Å². The van der Waals surface area contributed by atoms with E-state index in [1.807, 2.05) is 27.7 Å². The summed E-state index contributed by atoms with van der Waals surface area (Å²) in [5.74, 6) is 2.35.